The van der Waals surface area contributed by atoms with Gasteiger partial charge in [-0.05, 0) is 54.8 Å². The van der Waals surface area contributed by atoms with Gasteiger partial charge in [-0.2, -0.15) is 0 Å². The van der Waals surface area contributed by atoms with Gasteiger partial charge in [0.25, 0.3) is 0 Å². The van der Waals surface area contributed by atoms with Crippen molar-refractivity contribution in [2.24, 2.45) is 0 Å². The van der Waals surface area contributed by atoms with Gasteiger partial charge < -0.3 is 19.9 Å². The van der Waals surface area contributed by atoms with Crippen LogP contribution >= 0.6 is 11.6 Å². The summed E-state index contributed by atoms with van der Waals surface area (Å²) in [6.45, 7) is 5.24. The number of nitrogens with zero attached hydrogens (tertiary/aromatic N) is 4. The van der Waals surface area contributed by atoms with E-state index in [2.05, 4.69) is 49.4 Å². The molecule has 5 rings (SSSR count). The number of anilines is 3. The molecule has 2 aliphatic rings. The summed E-state index contributed by atoms with van der Waals surface area (Å²) in [6.07, 6.45) is 2.54. The molecule has 0 amide bonds. The Labute approximate surface area is 188 Å². The summed E-state index contributed by atoms with van der Waals surface area (Å²) >= 11 is 5.73. The normalized spacial score (nSPS) is 14.6. The van der Waals surface area contributed by atoms with E-state index in [1.165, 1.54) is 18.4 Å². The fraction of sp³-hybridized carbons (Fsp3) is 0.333. The first-order valence-corrected chi connectivity index (χ1v) is 11.1. The van der Waals surface area contributed by atoms with Crippen LogP contribution in [0.3, 0.4) is 0 Å². The Bertz CT molecular complexity index is 974. The monoisotopic (exact) mass is 437 g/mol. The Morgan fingerprint density at radius 2 is 1.45 bits per heavy atom. The zero-order valence-corrected chi connectivity index (χ0v) is 18.6. The lowest BCUT2D eigenvalue weighted by Gasteiger charge is -2.32. The topological polar surface area (TPSA) is 53.5 Å². The van der Waals surface area contributed by atoms with Crippen LogP contribution in [-0.4, -0.2) is 43.3 Å². The first-order valence-electron chi connectivity index (χ1n) is 10.7. The number of aromatic nitrogens is 2. The molecule has 3 aromatic rings. The predicted molar refractivity (Wildman–Crippen MR) is 127 cm³/mol. The summed E-state index contributed by atoms with van der Waals surface area (Å²) in [5, 5.41) is 3.94. The number of hydrogen-bond acceptors (Lipinski definition) is 6. The molecule has 4 heterocycles. The second-order valence-electron chi connectivity index (χ2n) is 7.58. The summed E-state index contributed by atoms with van der Waals surface area (Å²) in [5.74, 6) is 3.87. The molecule has 0 unspecified atom stereocenters. The molecule has 0 aliphatic carbocycles. The number of halogens is 1. The molecule has 0 spiro atoms. The fourth-order valence-corrected chi connectivity index (χ4v) is 3.46. The highest BCUT2D eigenvalue weighted by atomic mass is 35.5. The van der Waals surface area contributed by atoms with Gasteiger partial charge >= 0.3 is 0 Å². The Morgan fingerprint density at radius 1 is 0.839 bits per heavy atom. The number of ether oxygens (including phenoxy) is 1. The van der Waals surface area contributed by atoms with Crippen molar-refractivity contribution in [3.05, 3.63) is 71.4 Å². The van der Waals surface area contributed by atoms with E-state index in [-0.39, 0.29) is 0 Å². The van der Waals surface area contributed by atoms with Crippen molar-refractivity contribution in [1.29, 1.82) is 0 Å². The average molecular weight is 438 g/mol. The van der Waals surface area contributed by atoms with Crippen LogP contribution in [0.25, 0.3) is 0 Å². The number of pyridine rings is 2. The van der Waals surface area contributed by atoms with Crippen LogP contribution in [0.15, 0.2) is 60.7 Å². The number of rotatable bonds is 6. The Kier molecular flexibility index (Phi) is 7.10. The van der Waals surface area contributed by atoms with E-state index in [1.54, 1.807) is 13.2 Å². The Hall–Kier alpha value is -2.99. The lowest BCUT2D eigenvalue weighted by Crippen LogP contribution is -2.37. The minimum absolute atomic E-state index is 0.578. The van der Waals surface area contributed by atoms with Crippen LogP contribution in [0.4, 0.5) is 17.5 Å². The van der Waals surface area contributed by atoms with Gasteiger partial charge in [0, 0.05) is 32.7 Å². The van der Waals surface area contributed by atoms with Gasteiger partial charge in [0.1, 0.15) is 28.4 Å². The molecule has 31 heavy (non-hydrogen) atoms. The van der Waals surface area contributed by atoms with Gasteiger partial charge in [0.15, 0.2) is 0 Å². The van der Waals surface area contributed by atoms with E-state index in [0.29, 0.717) is 5.15 Å². The summed E-state index contributed by atoms with van der Waals surface area (Å²) in [5.41, 5.74) is 1.21. The van der Waals surface area contributed by atoms with Crippen molar-refractivity contribution in [3.63, 3.8) is 0 Å². The zero-order chi connectivity index (χ0) is 21.5. The van der Waals surface area contributed by atoms with Crippen LogP contribution in [0, 0.1) is 0 Å². The Morgan fingerprint density at radius 3 is 2.00 bits per heavy atom. The molecular weight excluding hydrogens is 410 g/mol. The third-order valence-electron chi connectivity index (χ3n) is 5.43. The van der Waals surface area contributed by atoms with Gasteiger partial charge in [-0.25, -0.2) is 9.97 Å². The lowest BCUT2D eigenvalue weighted by molar-refractivity contribution is 0.414. The molecule has 0 saturated carbocycles. The first-order chi connectivity index (χ1) is 15.2. The molecule has 0 atom stereocenters. The SMILES string of the molecule is COc1ccc(CNc2cccc(N3CCC3)n2)cc1.Clc1cccc(N2CCC2)n1. The van der Waals surface area contributed by atoms with Gasteiger partial charge in [-0.1, -0.05) is 35.9 Å². The molecule has 2 saturated heterocycles. The number of benzene rings is 1. The minimum atomic E-state index is 0.578. The van der Waals surface area contributed by atoms with Crippen molar-refractivity contribution in [2.45, 2.75) is 19.4 Å². The van der Waals surface area contributed by atoms with Crippen molar-refractivity contribution in [2.75, 3.05) is 48.4 Å². The summed E-state index contributed by atoms with van der Waals surface area (Å²) in [6, 6.07) is 19.9. The van der Waals surface area contributed by atoms with Crippen LogP contribution in [0.1, 0.15) is 18.4 Å². The third kappa shape index (κ3) is 5.79. The first kappa shape index (κ1) is 21.2. The van der Waals surface area contributed by atoms with Crippen LogP contribution < -0.4 is 19.9 Å². The highest BCUT2D eigenvalue weighted by molar-refractivity contribution is 6.29. The molecule has 7 heteroatoms. The second kappa shape index (κ2) is 10.4. The van der Waals surface area contributed by atoms with Crippen LogP contribution in [-0.2, 0) is 6.54 Å². The molecular formula is C24H28ClN5O. The van der Waals surface area contributed by atoms with E-state index >= 15 is 0 Å². The molecule has 2 fully saturated rings. The molecule has 0 radical (unpaired) electrons. The molecule has 1 N–H and O–H groups in total. The maximum absolute atomic E-state index is 5.73. The van der Waals surface area contributed by atoms with Gasteiger partial charge in [0.05, 0.1) is 7.11 Å². The second-order valence-corrected chi connectivity index (χ2v) is 7.97. The average Bonchev–Trinajstić information content (AvgIpc) is 2.71. The van der Waals surface area contributed by atoms with E-state index in [4.69, 9.17) is 16.3 Å². The minimum Gasteiger partial charge on any atom is -0.497 e. The number of methoxy groups -OCH3 is 1. The van der Waals surface area contributed by atoms with Gasteiger partial charge in [-0.15, -0.1) is 0 Å². The van der Waals surface area contributed by atoms with Crippen molar-refractivity contribution >= 4 is 29.1 Å². The van der Waals surface area contributed by atoms with Crippen LogP contribution in [0.5, 0.6) is 5.75 Å². The Balaban J connectivity index is 0.000000177. The molecule has 0 bridgehead atoms. The van der Waals surface area contributed by atoms with E-state index in [1.807, 2.05) is 30.3 Å². The smallest absolute Gasteiger partial charge is 0.131 e. The standard InChI is InChI=1S/C16H19N3O.C8H9ClN2/c1-20-14-8-6-13(7-9-14)12-17-15-4-2-5-16(18-15)19-10-3-11-19;9-7-3-1-4-8(10-7)11-5-2-6-11/h2,4-9H,3,10-12H2,1H3,(H,17,18);1,3-4H,2,5-6H2. The number of hydrogen-bond donors (Lipinski definition) is 1. The summed E-state index contributed by atoms with van der Waals surface area (Å²) in [4.78, 5) is 13.3. The zero-order valence-electron chi connectivity index (χ0n) is 17.8. The van der Waals surface area contributed by atoms with E-state index < -0.39 is 0 Å². The molecule has 6 nitrogen and oxygen atoms in total. The van der Waals surface area contributed by atoms with Crippen molar-refractivity contribution < 1.29 is 4.74 Å². The highest BCUT2D eigenvalue weighted by Gasteiger charge is 2.16. The van der Waals surface area contributed by atoms with Crippen molar-refractivity contribution in [3.8, 4) is 5.75 Å². The molecule has 2 aliphatic heterocycles. The maximum Gasteiger partial charge on any atom is 0.131 e. The summed E-state index contributed by atoms with van der Waals surface area (Å²) < 4.78 is 5.15. The quantitative estimate of drug-likeness (QED) is 0.556. The number of nitrogens with one attached hydrogen (secondary N) is 1. The van der Waals surface area contributed by atoms with Crippen LogP contribution in [0.2, 0.25) is 5.15 Å². The molecule has 162 valence electrons. The summed E-state index contributed by atoms with van der Waals surface area (Å²) in [7, 11) is 1.68. The van der Waals surface area contributed by atoms with Gasteiger partial charge in [-0.3, -0.25) is 0 Å². The lowest BCUT2D eigenvalue weighted by atomic mass is 10.2. The molecule has 1 aromatic carbocycles. The molecule has 2 aromatic heterocycles. The largest absolute Gasteiger partial charge is 0.497 e. The highest BCUT2D eigenvalue weighted by Crippen LogP contribution is 2.21. The maximum atomic E-state index is 5.73. The van der Waals surface area contributed by atoms with Gasteiger partial charge in [0.2, 0.25) is 0 Å². The third-order valence-corrected chi connectivity index (χ3v) is 5.64. The predicted octanol–water partition coefficient (Wildman–Crippen LogP) is 4.86. The van der Waals surface area contributed by atoms with E-state index in [9.17, 15) is 0 Å². The van der Waals surface area contributed by atoms with Crippen molar-refractivity contribution in [1.82, 2.24) is 9.97 Å². The van der Waals surface area contributed by atoms with E-state index in [0.717, 1.165) is 55.9 Å². The fourth-order valence-electron chi connectivity index (χ4n) is 3.30.